The number of amides is 1. The smallest absolute Gasteiger partial charge is 0.276 e. The Bertz CT molecular complexity index is 694. The number of carbonyl (C=O) groups excluding carboxylic acids is 1. The van der Waals surface area contributed by atoms with Gasteiger partial charge in [-0.05, 0) is 30.3 Å². The molecule has 1 heterocycles. The molecule has 1 aromatic carbocycles. The quantitative estimate of drug-likeness (QED) is 0.864. The summed E-state index contributed by atoms with van der Waals surface area (Å²) in [7, 11) is 1.51. The van der Waals surface area contributed by atoms with E-state index < -0.39 is 0 Å². The highest BCUT2D eigenvalue weighted by Gasteiger charge is 2.09. The lowest BCUT2D eigenvalue weighted by Crippen LogP contribution is -2.23. The Hall–Kier alpha value is -2.47. The summed E-state index contributed by atoms with van der Waals surface area (Å²) >= 11 is 0. The standard InChI is InChI=1S/C15H18N4O2/c1-3-16-10-11-5-4-6-12(9-11)17-15(21)13-7-8-14(20)19(2)18-13/h4-9,16H,3,10H2,1-2H3,(H,17,21). The Labute approximate surface area is 122 Å². The van der Waals surface area contributed by atoms with E-state index in [1.54, 1.807) is 0 Å². The Morgan fingerprint density at radius 2 is 2.10 bits per heavy atom. The van der Waals surface area contributed by atoms with Gasteiger partial charge < -0.3 is 10.6 Å². The van der Waals surface area contributed by atoms with Crippen molar-refractivity contribution in [3.8, 4) is 0 Å². The molecule has 6 heteroatoms. The van der Waals surface area contributed by atoms with E-state index in [0.717, 1.165) is 23.3 Å². The first-order valence-corrected chi connectivity index (χ1v) is 6.75. The third-order valence-corrected chi connectivity index (χ3v) is 2.96. The molecule has 0 aliphatic carbocycles. The van der Waals surface area contributed by atoms with Gasteiger partial charge in [0.25, 0.3) is 11.5 Å². The summed E-state index contributed by atoms with van der Waals surface area (Å²) in [5, 5.41) is 9.93. The molecule has 0 atom stereocenters. The van der Waals surface area contributed by atoms with Crippen molar-refractivity contribution in [2.75, 3.05) is 11.9 Å². The van der Waals surface area contributed by atoms with E-state index in [0.29, 0.717) is 5.69 Å². The Balaban J connectivity index is 2.11. The fourth-order valence-corrected chi connectivity index (χ4v) is 1.85. The van der Waals surface area contributed by atoms with Crippen molar-refractivity contribution in [3.63, 3.8) is 0 Å². The zero-order valence-electron chi connectivity index (χ0n) is 12.1. The van der Waals surface area contributed by atoms with Crippen LogP contribution in [0.25, 0.3) is 0 Å². The maximum atomic E-state index is 12.1. The Kier molecular flexibility index (Phi) is 4.84. The fourth-order valence-electron chi connectivity index (χ4n) is 1.85. The lowest BCUT2D eigenvalue weighted by Gasteiger charge is -2.08. The molecular weight excluding hydrogens is 268 g/mol. The monoisotopic (exact) mass is 286 g/mol. The highest BCUT2D eigenvalue weighted by Crippen LogP contribution is 2.11. The van der Waals surface area contributed by atoms with Crippen molar-refractivity contribution >= 4 is 11.6 Å². The van der Waals surface area contributed by atoms with Crippen LogP contribution in [0.3, 0.4) is 0 Å². The molecule has 0 spiro atoms. The average Bonchev–Trinajstić information content (AvgIpc) is 2.48. The second-order valence-corrected chi connectivity index (χ2v) is 4.62. The first-order valence-electron chi connectivity index (χ1n) is 6.75. The zero-order valence-corrected chi connectivity index (χ0v) is 12.1. The van der Waals surface area contributed by atoms with Crippen molar-refractivity contribution in [2.24, 2.45) is 7.05 Å². The summed E-state index contributed by atoms with van der Waals surface area (Å²) in [6, 6.07) is 10.3. The Morgan fingerprint density at radius 3 is 2.81 bits per heavy atom. The minimum absolute atomic E-state index is 0.203. The van der Waals surface area contributed by atoms with Gasteiger partial charge in [-0.15, -0.1) is 0 Å². The number of nitrogens with zero attached hydrogens (tertiary/aromatic N) is 2. The summed E-state index contributed by atoms with van der Waals surface area (Å²) in [4.78, 5) is 23.4. The lowest BCUT2D eigenvalue weighted by molar-refractivity contribution is 0.102. The van der Waals surface area contributed by atoms with Gasteiger partial charge in [-0.3, -0.25) is 9.59 Å². The topological polar surface area (TPSA) is 76.0 Å². The first-order chi connectivity index (χ1) is 10.1. The van der Waals surface area contributed by atoms with Gasteiger partial charge >= 0.3 is 0 Å². The normalized spacial score (nSPS) is 10.4. The van der Waals surface area contributed by atoms with E-state index in [1.165, 1.54) is 19.2 Å². The molecule has 2 rings (SSSR count). The maximum Gasteiger partial charge on any atom is 0.276 e. The molecule has 1 amide bonds. The van der Waals surface area contributed by atoms with Crippen LogP contribution in [0.15, 0.2) is 41.2 Å². The molecule has 2 N–H and O–H groups in total. The van der Waals surface area contributed by atoms with Crippen LogP contribution >= 0.6 is 0 Å². The SMILES string of the molecule is CCNCc1cccc(NC(=O)c2ccc(=O)n(C)n2)c1. The van der Waals surface area contributed by atoms with Crippen LogP contribution in [0, 0.1) is 0 Å². The summed E-state index contributed by atoms with van der Waals surface area (Å²) in [5.74, 6) is -0.341. The molecule has 0 bridgehead atoms. The second-order valence-electron chi connectivity index (χ2n) is 4.62. The van der Waals surface area contributed by atoms with E-state index in [2.05, 4.69) is 15.7 Å². The summed E-state index contributed by atoms with van der Waals surface area (Å²) in [5.41, 5.74) is 1.74. The molecule has 21 heavy (non-hydrogen) atoms. The molecule has 0 unspecified atom stereocenters. The molecule has 0 fully saturated rings. The van der Waals surface area contributed by atoms with Gasteiger partial charge in [-0.1, -0.05) is 19.1 Å². The van der Waals surface area contributed by atoms with Crippen molar-refractivity contribution in [1.82, 2.24) is 15.1 Å². The van der Waals surface area contributed by atoms with Crippen LogP contribution in [0.2, 0.25) is 0 Å². The van der Waals surface area contributed by atoms with Crippen molar-refractivity contribution in [1.29, 1.82) is 0 Å². The van der Waals surface area contributed by atoms with Gasteiger partial charge in [-0.25, -0.2) is 4.68 Å². The van der Waals surface area contributed by atoms with Crippen LogP contribution in [0.1, 0.15) is 23.0 Å². The van der Waals surface area contributed by atoms with E-state index in [1.807, 2.05) is 31.2 Å². The number of rotatable bonds is 5. The van der Waals surface area contributed by atoms with Gasteiger partial charge in [0.05, 0.1) is 0 Å². The molecule has 110 valence electrons. The van der Waals surface area contributed by atoms with E-state index in [4.69, 9.17) is 0 Å². The summed E-state index contributed by atoms with van der Waals surface area (Å²) < 4.78 is 1.14. The zero-order chi connectivity index (χ0) is 15.2. The molecule has 0 saturated carbocycles. The van der Waals surface area contributed by atoms with Gasteiger partial charge in [0.2, 0.25) is 0 Å². The fraction of sp³-hybridized carbons (Fsp3) is 0.267. The second kappa shape index (κ2) is 6.81. The minimum Gasteiger partial charge on any atom is -0.321 e. The summed E-state index contributed by atoms with van der Waals surface area (Å²) in [6.07, 6.45) is 0. The van der Waals surface area contributed by atoms with Gasteiger partial charge in [0, 0.05) is 25.3 Å². The number of hydrogen-bond acceptors (Lipinski definition) is 4. The van der Waals surface area contributed by atoms with Crippen LogP contribution in [-0.4, -0.2) is 22.2 Å². The number of carbonyl (C=O) groups is 1. The van der Waals surface area contributed by atoms with E-state index >= 15 is 0 Å². The number of aryl methyl sites for hydroxylation is 1. The Morgan fingerprint density at radius 1 is 1.29 bits per heavy atom. The third-order valence-electron chi connectivity index (χ3n) is 2.96. The number of nitrogens with one attached hydrogen (secondary N) is 2. The van der Waals surface area contributed by atoms with Crippen LogP contribution in [0.5, 0.6) is 0 Å². The third kappa shape index (κ3) is 4.00. The first kappa shape index (κ1) is 14.9. The number of anilines is 1. The highest BCUT2D eigenvalue weighted by molar-refractivity contribution is 6.02. The molecular formula is C15H18N4O2. The molecule has 0 radical (unpaired) electrons. The molecule has 2 aromatic rings. The van der Waals surface area contributed by atoms with Crippen molar-refractivity contribution < 1.29 is 4.79 Å². The van der Waals surface area contributed by atoms with Gasteiger partial charge in [0.15, 0.2) is 0 Å². The van der Waals surface area contributed by atoms with Crippen molar-refractivity contribution in [2.45, 2.75) is 13.5 Å². The number of hydrogen-bond donors (Lipinski definition) is 2. The summed E-state index contributed by atoms with van der Waals surface area (Å²) in [6.45, 7) is 3.67. The number of aromatic nitrogens is 2. The predicted molar refractivity (Wildman–Crippen MR) is 81.3 cm³/mol. The van der Waals surface area contributed by atoms with Crippen molar-refractivity contribution in [3.05, 3.63) is 58.0 Å². The average molecular weight is 286 g/mol. The van der Waals surface area contributed by atoms with E-state index in [9.17, 15) is 9.59 Å². The molecule has 0 aliphatic rings. The highest BCUT2D eigenvalue weighted by atomic mass is 16.2. The van der Waals surface area contributed by atoms with Crippen LogP contribution in [-0.2, 0) is 13.6 Å². The predicted octanol–water partition coefficient (Wildman–Crippen LogP) is 1.14. The maximum absolute atomic E-state index is 12.1. The largest absolute Gasteiger partial charge is 0.321 e. The molecule has 0 aliphatic heterocycles. The van der Waals surface area contributed by atoms with Gasteiger partial charge in [-0.2, -0.15) is 5.10 Å². The molecule has 1 aromatic heterocycles. The minimum atomic E-state index is -0.341. The molecule has 6 nitrogen and oxygen atoms in total. The van der Waals surface area contributed by atoms with Gasteiger partial charge in [0.1, 0.15) is 5.69 Å². The van der Waals surface area contributed by atoms with Crippen LogP contribution in [0.4, 0.5) is 5.69 Å². The van der Waals surface area contributed by atoms with E-state index in [-0.39, 0.29) is 17.2 Å². The lowest BCUT2D eigenvalue weighted by atomic mass is 10.2. The number of benzene rings is 1. The van der Waals surface area contributed by atoms with Crippen LogP contribution < -0.4 is 16.2 Å². The molecule has 0 saturated heterocycles.